The molecule has 196 valence electrons. The van der Waals surface area contributed by atoms with Crippen LogP contribution in [-0.4, -0.2) is 53.6 Å². The number of carbonyl (C=O) groups is 2. The lowest BCUT2D eigenvalue weighted by Gasteiger charge is -2.25. The largest absolute Gasteiger partial charge is 0.325 e. The highest BCUT2D eigenvalue weighted by Crippen LogP contribution is 2.27. The van der Waals surface area contributed by atoms with E-state index < -0.39 is 15.9 Å². The molecule has 0 radical (unpaired) electrons. The Bertz CT molecular complexity index is 1370. The standard InChI is InChI=1S/C25H29N5O4S3/c1-16-13-17(2)22(18(3)14-16)26-21(31)15-35-25-29-28-24(36-25)27-23(32)19-7-9-20(10-8-19)37(33,34)30-11-5-4-6-12-30/h7-10,13-14H,4-6,11-12,15H2,1-3H3,(H,26,31)(H,27,28,32). The van der Waals surface area contributed by atoms with Crippen LogP contribution in [-0.2, 0) is 14.8 Å². The average Bonchev–Trinajstić information content (AvgIpc) is 3.32. The van der Waals surface area contributed by atoms with Crippen molar-refractivity contribution in [3.8, 4) is 0 Å². The summed E-state index contributed by atoms with van der Waals surface area (Å²) in [5.41, 5.74) is 4.29. The maximum atomic E-state index is 12.8. The molecule has 0 aliphatic carbocycles. The molecule has 0 saturated carbocycles. The van der Waals surface area contributed by atoms with Crippen molar-refractivity contribution in [2.45, 2.75) is 49.3 Å². The molecule has 37 heavy (non-hydrogen) atoms. The van der Waals surface area contributed by atoms with Crippen LogP contribution >= 0.6 is 23.1 Å². The SMILES string of the molecule is Cc1cc(C)c(NC(=O)CSc2nnc(NC(=O)c3ccc(S(=O)(=O)N4CCCCC4)cc3)s2)c(C)c1. The van der Waals surface area contributed by atoms with Crippen LogP contribution in [0.5, 0.6) is 0 Å². The van der Waals surface area contributed by atoms with Crippen molar-refractivity contribution in [2.24, 2.45) is 0 Å². The summed E-state index contributed by atoms with van der Waals surface area (Å²) in [6.07, 6.45) is 2.76. The number of aromatic nitrogens is 2. The fourth-order valence-corrected chi connectivity index (χ4v) is 7.26. The molecule has 2 N–H and O–H groups in total. The predicted molar refractivity (Wildman–Crippen MR) is 147 cm³/mol. The molecule has 0 unspecified atom stereocenters. The van der Waals surface area contributed by atoms with Gasteiger partial charge in [0.2, 0.25) is 21.1 Å². The number of rotatable bonds is 8. The maximum absolute atomic E-state index is 12.8. The molecule has 2 amide bonds. The number of hydrogen-bond acceptors (Lipinski definition) is 8. The summed E-state index contributed by atoms with van der Waals surface area (Å²) in [6.45, 7) is 6.99. The second-order valence-corrected chi connectivity index (χ2v) is 13.1. The van der Waals surface area contributed by atoms with Crippen LogP contribution in [0.2, 0.25) is 0 Å². The zero-order valence-electron chi connectivity index (χ0n) is 20.9. The van der Waals surface area contributed by atoms with Crippen LogP contribution in [0, 0.1) is 20.8 Å². The Morgan fingerprint density at radius 1 is 0.973 bits per heavy atom. The number of nitrogens with one attached hydrogen (secondary N) is 2. The highest BCUT2D eigenvalue weighted by Gasteiger charge is 2.26. The van der Waals surface area contributed by atoms with Crippen molar-refractivity contribution < 1.29 is 18.0 Å². The third-order valence-corrected chi connectivity index (χ3v) is 9.85. The van der Waals surface area contributed by atoms with Gasteiger partial charge in [-0.25, -0.2) is 8.42 Å². The highest BCUT2D eigenvalue weighted by atomic mass is 32.2. The molecule has 1 aliphatic rings. The highest BCUT2D eigenvalue weighted by molar-refractivity contribution is 8.01. The number of carbonyl (C=O) groups excluding carboxylic acids is 2. The lowest BCUT2D eigenvalue weighted by Crippen LogP contribution is -2.35. The number of anilines is 2. The third kappa shape index (κ3) is 6.75. The van der Waals surface area contributed by atoms with E-state index in [1.54, 1.807) is 0 Å². The van der Waals surface area contributed by atoms with E-state index in [9.17, 15) is 18.0 Å². The first kappa shape index (κ1) is 27.2. The molecule has 1 saturated heterocycles. The Balaban J connectivity index is 1.31. The van der Waals surface area contributed by atoms with Crippen molar-refractivity contribution in [1.29, 1.82) is 0 Å². The smallest absolute Gasteiger partial charge is 0.257 e. The molecular formula is C25H29N5O4S3. The first-order chi connectivity index (χ1) is 17.6. The van der Waals surface area contributed by atoms with Crippen molar-refractivity contribution >= 4 is 55.8 Å². The first-order valence-corrected chi connectivity index (χ1v) is 15.1. The molecule has 0 spiro atoms. The van der Waals surface area contributed by atoms with Crippen molar-refractivity contribution in [3.05, 3.63) is 58.7 Å². The Labute approximate surface area is 225 Å². The van der Waals surface area contributed by atoms with Crippen molar-refractivity contribution in [3.63, 3.8) is 0 Å². The number of thioether (sulfide) groups is 1. The van der Waals surface area contributed by atoms with Crippen LogP contribution in [0.3, 0.4) is 0 Å². The van der Waals surface area contributed by atoms with E-state index in [2.05, 4.69) is 20.8 Å². The Hall–Kier alpha value is -2.80. The van der Waals surface area contributed by atoms with Crippen LogP contribution < -0.4 is 10.6 Å². The summed E-state index contributed by atoms with van der Waals surface area (Å²) in [4.78, 5) is 25.3. The van der Waals surface area contributed by atoms with Gasteiger partial charge in [-0.3, -0.25) is 14.9 Å². The van der Waals surface area contributed by atoms with Crippen LogP contribution in [0.25, 0.3) is 0 Å². The normalized spacial score (nSPS) is 14.4. The van der Waals surface area contributed by atoms with Gasteiger partial charge in [0.15, 0.2) is 4.34 Å². The van der Waals surface area contributed by atoms with E-state index in [0.717, 1.165) is 53.0 Å². The van der Waals surface area contributed by atoms with Gasteiger partial charge in [-0.1, -0.05) is 47.2 Å². The van der Waals surface area contributed by atoms with Gasteiger partial charge in [0, 0.05) is 24.3 Å². The lowest BCUT2D eigenvalue weighted by atomic mass is 10.1. The topological polar surface area (TPSA) is 121 Å². The summed E-state index contributed by atoms with van der Waals surface area (Å²) >= 11 is 2.40. The minimum absolute atomic E-state index is 0.152. The molecule has 3 aromatic rings. The minimum atomic E-state index is -3.55. The molecule has 0 bridgehead atoms. The molecule has 1 aromatic heterocycles. The van der Waals surface area contributed by atoms with Crippen molar-refractivity contribution in [1.82, 2.24) is 14.5 Å². The zero-order chi connectivity index (χ0) is 26.6. The Morgan fingerprint density at radius 3 is 2.27 bits per heavy atom. The van der Waals surface area contributed by atoms with Gasteiger partial charge in [-0.05, 0) is 69.0 Å². The van der Waals surface area contributed by atoms with Gasteiger partial charge in [0.25, 0.3) is 5.91 Å². The quantitative estimate of drug-likeness (QED) is 0.305. The molecule has 12 heteroatoms. The van der Waals surface area contributed by atoms with E-state index in [1.807, 2.05) is 32.9 Å². The van der Waals surface area contributed by atoms with Crippen LogP contribution in [0.1, 0.15) is 46.3 Å². The zero-order valence-corrected chi connectivity index (χ0v) is 23.4. The summed E-state index contributed by atoms with van der Waals surface area (Å²) in [5, 5.41) is 13.9. The Morgan fingerprint density at radius 2 is 1.62 bits per heavy atom. The van der Waals surface area contributed by atoms with Gasteiger partial charge in [0.05, 0.1) is 10.6 Å². The number of aryl methyl sites for hydroxylation is 3. The van der Waals surface area contributed by atoms with Gasteiger partial charge in [-0.15, -0.1) is 10.2 Å². The molecular weight excluding hydrogens is 531 g/mol. The van der Waals surface area contributed by atoms with E-state index in [1.165, 1.54) is 40.3 Å². The third-order valence-electron chi connectivity index (χ3n) is 5.96. The summed E-state index contributed by atoms with van der Waals surface area (Å²) in [5.74, 6) is -0.416. The van der Waals surface area contributed by atoms with Crippen LogP contribution in [0.4, 0.5) is 10.8 Å². The van der Waals surface area contributed by atoms with Crippen molar-refractivity contribution in [2.75, 3.05) is 29.5 Å². The van der Waals surface area contributed by atoms with Gasteiger partial charge < -0.3 is 5.32 Å². The van der Waals surface area contributed by atoms with E-state index in [4.69, 9.17) is 0 Å². The minimum Gasteiger partial charge on any atom is -0.325 e. The summed E-state index contributed by atoms with van der Waals surface area (Å²) < 4.78 is 27.6. The van der Waals surface area contributed by atoms with Crippen LogP contribution in [0.15, 0.2) is 45.6 Å². The predicted octanol–water partition coefficient (Wildman–Crippen LogP) is 4.62. The first-order valence-electron chi connectivity index (χ1n) is 11.9. The maximum Gasteiger partial charge on any atom is 0.257 e. The Kier molecular flexibility index (Phi) is 8.63. The molecule has 9 nitrogen and oxygen atoms in total. The van der Waals surface area contributed by atoms with E-state index in [0.29, 0.717) is 28.1 Å². The molecule has 4 rings (SSSR count). The second-order valence-electron chi connectivity index (χ2n) is 8.93. The van der Waals surface area contributed by atoms with E-state index in [-0.39, 0.29) is 16.6 Å². The van der Waals surface area contributed by atoms with Gasteiger partial charge in [-0.2, -0.15) is 4.31 Å². The molecule has 2 aromatic carbocycles. The van der Waals surface area contributed by atoms with Gasteiger partial charge in [0.1, 0.15) is 0 Å². The number of piperidine rings is 1. The monoisotopic (exact) mass is 559 g/mol. The fourth-order valence-electron chi connectivity index (χ4n) is 4.20. The number of amides is 2. The number of nitrogens with zero attached hydrogens (tertiary/aromatic N) is 3. The van der Waals surface area contributed by atoms with E-state index >= 15 is 0 Å². The number of sulfonamides is 1. The summed E-state index contributed by atoms with van der Waals surface area (Å²) in [7, 11) is -3.55. The fraction of sp³-hybridized carbons (Fsp3) is 0.360. The summed E-state index contributed by atoms with van der Waals surface area (Å²) in [6, 6.07) is 9.93. The molecule has 1 fully saturated rings. The second kappa shape index (κ2) is 11.7. The molecule has 2 heterocycles. The number of hydrogen-bond donors (Lipinski definition) is 2. The molecule has 0 atom stereocenters. The average molecular weight is 560 g/mol. The molecule has 1 aliphatic heterocycles. The van der Waals surface area contributed by atoms with Gasteiger partial charge >= 0.3 is 0 Å². The number of benzene rings is 2. The lowest BCUT2D eigenvalue weighted by molar-refractivity contribution is -0.113.